The van der Waals surface area contributed by atoms with Crippen molar-refractivity contribution in [2.45, 2.75) is 33.1 Å². The molecule has 0 radical (unpaired) electrons. The van der Waals surface area contributed by atoms with E-state index in [-0.39, 0.29) is 0 Å². The van der Waals surface area contributed by atoms with Crippen molar-refractivity contribution in [3.63, 3.8) is 0 Å². The summed E-state index contributed by atoms with van der Waals surface area (Å²) >= 11 is 3.58. The van der Waals surface area contributed by atoms with E-state index in [0.717, 1.165) is 29.3 Å². The van der Waals surface area contributed by atoms with Gasteiger partial charge >= 0.3 is 0 Å². The second-order valence-corrected chi connectivity index (χ2v) is 5.39. The molecule has 1 heterocycles. The SMILES string of the molecule is CCCc1cc(NC)c2cc(Br)cc(CC)c2n1. The highest BCUT2D eigenvalue weighted by Gasteiger charge is 2.09. The number of aromatic nitrogens is 1. The van der Waals surface area contributed by atoms with Crippen molar-refractivity contribution in [1.29, 1.82) is 0 Å². The quantitative estimate of drug-likeness (QED) is 0.896. The van der Waals surface area contributed by atoms with Crippen LogP contribution in [-0.4, -0.2) is 12.0 Å². The highest BCUT2D eigenvalue weighted by molar-refractivity contribution is 9.10. The summed E-state index contributed by atoms with van der Waals surface area (Å²) in [6.07, 6.45) is 3.16. The Morgan fingerprint density at radius 2 is 2.00 bits per heavy atom. The van der Waals surface area contributed by atoms with Gasteiger partial charge in [0.15, 0.2) is 0 Å². The molecule has 0 aliphatic heterocycles. The van der Waals surface area contributed by atoms with Gasteiger partial charge in [0, 0.05) is 28.3 Å². The van der Waals surface area contributed by atoms with Gasteiger partial charge in [-0.3, -0.25) is 4.98 Å². The Morgan fingerprint density at radius 3 is 2.61 bits per heavy atom. The highest BCUT2D eigenvalue weighted by atomic mass is 79.9. The average molecular weight is 307 g/mol. The number of pyridine rings is 1. The summed E-state index contributed by atoms with van der Waals surface area (Å²) in [4.78, 5) is 4.82. The summed E-state index contributed by atoms with van der Waals surface area (Å²) in [6.45, 7) is 4.36. The summed E-state index contributed by atoms with van der Waals surface area (Å²) in [7, 11) is 1.97. The van der Waals surface area contributed by atoms with E-state index in [1.807, 2.05) is 7.05 Å². The topological polar surface area (TPSA) is 24.9 Å². The van der Waals surface area contributed by atoms with E-state index >= 15 is 0 Å². The van der Waals surface area contributed by atoms with Crippen LogP contribution in [0.1, 0.15) is 31.5 Å². The molecule has 18 heavy (non-hydrogen) atoms. The summed E-state index contributed by atoms with van der Waals surface area (Å²) in [6, 6.07) is 6.48. The fourth-order valence-corrected chi connectivity index (χ4v) is 2.78. The summed E-state index contributed by atoms with van der Waals surface area (Å²) in [5.74, 6) is 0. The van der Waals surface area contributed by atoms with Gasteiger partial charge in [-0.15, -0.1) is 0 Å². The fourth-order valence-electron chi connectivity index (χ4n) is 2.27. The van der Waals surface area contributed by atoms with Crippen LogP contribution in [0.15, 0.2) is 22.7 Å². The lowest BCUT2D eigenvalue weighted by Crippen LogP contribution is -1.99. The lowest BCUT2D eigenvalue weighted by molar-refractivity contribution is 0.889. The van der Waals surface area contributed by atoms with E-state index < -0.39 is 0 Å². The Balaban J connectivity index is 2.74. The Kier molecular flexibility index (Phi) is 4.23. The molecule has 0 atom stereocenters. The number of benzene rings is 1. The van der Waals surface area contributed by atoms with Gasteiger partial charge in [-0.25, -0.2) is 0 Å². The first-order chi connectivity index (χ1) is 8.69. The molecule has 1 N–H and O–H groups in total. The number of halogens is 1. The molecular weight excluding hydrogens is 288 g/mol. The number of hydrogen-bond acceptors (Lipinski definition) is 2. The number of hydrogen-bond donors (Lipinski definition) is 1. The van der Waals surface area contributed by atoms with Crippen LogP contribution in [0.2, 0.25) is 0 Å². The summed E-state index contributed by atoms with van der Waals surface area (Å²) < 4.78 is 1.12. The van der Waals surface area contributed by atoms with Gasteiger partial charge in [0.25, 0.3) is 0 Å². The van der Waals surface area contributed by atoms with Crippen molar-refractivity contribution < 1.29 is 0 Å². The zero-order chi connectivity index (χ0) is 13.1. The van der Waals surface area contributed by atoms with E-state index in [1.165, 1.54) is 22.3 Å². The van der Waals surface area contributed by atoms with Crippen molar-refractivity contribution in [3.8, 4) is 0 Å². The molecule has 0 unspecified atom stereocenters. The predicted octanol–water partition coefficient (Wildman–Crippen LogP) is 4.55. The minimum atomic E-state index is 1.00. The molecule has 1 aromatic heterocycles. The molecular formula is C15H19BrN2. The maximum Gasteiger partial charge on any atom is 0.0758 e. The molecule has 1 aromatic carbocycles. The molecule has 0 saturated carbocycles. The third-order valence-corrected chi connectivity index (χ3v) is 3.62. The fraction of sp³-hybridized carbons (Fsp3) is 0.400. The number of nitrogens with one attached hydrogen (secondary N) is 1. The minimum absolute atomic E-state index is 1.00. The Morgan fingerprint density at radius 1 is 1.22 bits per heavy atom. The maximum absolute atomic E-state index is 4.82. The lowest BCUT2D eigenvalue weighted by atomic mass is 10.0. The standard InChI is InChI=1S/C15H19BrN2/c1-4-6-12-9-14(17-3)13-8-11(16)7-10(5-2)15(13)18-12/h7-9H,4-6H2,1-3H3,(H,17,18). The Labute approximate surface area is 117 Å². The van der Waals surface area contributed by atoms with Crippen LogP contribution in [0.3, 0.4) is 0 Å². The average Bonchev–Trinajstić information content (AvgIpc) is 2.37. The van der Waals surface area contributed by atoms with Crippen molar-refractivity contribution in [2.24, 2.45) is 0 Å². The second kappa shape index (κ2) is 5.70. The van der Waals surface area contributed by atoms with Crippen LogP contribution in [0.4, 0.5) is 5.69 Å². The largest absolute Gasteiger partial charge is 0.388 e. The van der Waals surface area contributed by atoms with Gasteiger partial charge in [-0.05, 0) is 36.6 Å². The van der Waals surface area contributed by atoms with E-state index in [2.05, 4.69) is 53.3 Å². The maximum atomic E-state index is 4.82. The van der Waals surface area contributed by atoms with Gasteiger partial charge < -0.3 is 5.32 Å². The highest BCUT2D eigenvalue weighted by Crippen LogP contribution is 2.30. The van der Waals surface area contributed by atoms with Crippen molar-refractivity contribution in [2.75, 3.05) is 12.4 Å². The molecule has 2 aromatic rings. The predicted molar refractivity (Wildman–Crippen MR) is 82.4 cm³/mol. The number of nitrogens with zero attached hydrogens (tertiary/aromatic N) is 1. The molecule has 2 rings (SSSR count). The lowest BCUT2D eigenvalue weighted by Gasteiger charge is -2.12. The molecule has 96 valence electrons. The smallest absolute Gasteiger partial charge is 0.0758 e. The van der Waals surface area contributed by atoms with E-state index in [0.29, 0.717) is 0 Å². The van der Waals surface area contributed by atoms with Crippen molar-refractivity contribution in [1.82, 2.24) is 4.98 Å². The van der Waals surface area contributed by atoms with E-state index in [9.17, 15) is 0 Å². The van der Waals surface area contributed by atoms with E-state index in [1.54, 1.807) is 0 Å². The third kappa shape index (κ3) is 2.51. The van der Waals surface area contributed by atoms with Gasteiger partial charge in [0.05, 0.1) is 5.52 Å². The molecule has 0 fully saturated rings. The molecule has 0 bridgehead atoms. The zero-order valence-corrected chi connectivity index (χ0v) is 12.8. The number of anilines is 1. The van der Waals surface area contributed by atoms with Crippen molar-refractivity contribution in [3.05, 3.63) is 33.9 Å². The van der Waals surface area contributed by atoms with Crippen LogP contribution < -0.4 is 5.32 Å². The molecule has 3 heteroatoms. The molecule has 2 nitrogen and oxygen atoms in total. The third-order valence-electron chi connectivity index (χ3n) is 3.17. The van der Waals surface area contributed by atoms with Gasteiger partial charge in [0.2, 0.25) is 0 Å². The molecule has 0 amide bonds. The molecule has 0 aliphatic rings. The first-order valence-electron chi connectivity index (χ1n) is 6.49. The van der Waals surface area contributed by atoms with Crippen LogP contribution in [-0.2, 0) is 12.8 Å². The van der Waals surface area contributed by atoms with Crippen LogP contribution in [0.5, 0.6) is 0 Å². The van der Waals surface area contributed by atoms with Crippen molar-refractivity contribution >= 4 is 32.5 Å². The van der Waals surface area contributed by atoms with E-state index in [4.69, 9.17) is 4.98 Å². The monoisotopic (exact) mass is 306 g/mol. The Hall–Kier alpha value is -1.09. The summed E-state index contributed by atoms with van der Waals surface area (Å²) in [5, 5.41) is 4.48. The first kappa shape index (κ1) is 13.3. The van der Waals surface area contributed by atoms with Crippen LogP contribution >= 0.6 is 15.9 Å². The van der Waals surface area contributed by atoms with Crippen LogP contribution in [0, 0.1) is 0 Å². The van der Waals surface area contributed by atoms with Crippen LogP contribution in [0.25, 0.3) is 10.9 Å². The molecule has 0 spiro atoms. The second-order valence-electron chi connectivity index (χ2n) is 4.48. The number of fused-ring (bicyclic) bond motifs is 1. The van der Waals surface area contributed by atoms with Gasteiger partial charge in [-0.2, -0.15) is 0 Å². The normalized spacial score (nSPS) is 10.9. The van der Waals surface area contributed by atoms with Gasteiger partial charge in [-0.1, -0.05) is 36.2 Å². The first-order valence-corrected chi connectivity index (χ1v) is 7.28. The molecule has 0 aliphatic carbocycles. The number of rotatable bonds is 4. The zero-order valence-electron chi connectivity index (χ0n) is 11.2. The number of aryl methyl sites for hydroxylation is 2. The summed E-state index contributed by atoms with van der Waals surface area (Å²) in [5.41, 5.74) is 4.77. The van der Waals surface area contributed by atoms with Gasteiger partial charge in [0.1, 0.15) is 0 Å². The Bertz CT molecular complexity index is 564. The minimum Gasteiger partial charge on any atom is -0.388 e. The molecule has 0 saturated heterocycles.